The first-order valence-electron chi connectivity index (χ1n) is 12.0. The highest BCUT2D eigenvalue weighted by Gasteiger charge is 2.64. The molecule has 0 radical (unpaired) electrons. The molecule has 1 N–H and O–H groups in total. The number of carbonyl (C=O) groups is 6. The molecule has 12 nitrogen and oxygen atoms in total. The van der Waals surface area contributed by atoms with Crippen LogP contribution in [0.3, 0.4) is 0 Å². The standard InChI is InChI=1S/C25H21F3N2O10/c1-38-23(36)29-19(32)11-5-4-10-12(17(11)21(29)34)8-14-18(22(35)30(20(14)33)24(37)39-2)16(10)13-7-9(3-6-15(13)31)40-25(26,27)28/h3-4,6-7,11-12,14,16-18,31H,5,8H2,1-2H3/t11-,12+,14+,16+,17-,18+/m0/s1. The van der Waals surface area contributed by atoms with E-state index in [-0.39, 0.29) is 23.3 Å². The van der Waals surface area contributed by atoms with Gasteiger partial charge >= 0.3 is 18.5 Å². The number of alkyl halides is 3. The van der Waals surface area contributed by atoms with Gasteiger partial charge in [0, 0.05) is 11.5 Å². The lowest BCUT2D eigenvalue weighted by Crippen LogP contribution is -2.43. The van der Waals surface area contributed by atoms with Crippen molar-refractivity contribution in [2.75, 3.05) is 14.2 Å². The van der Waals surface area contributed by atoms with Gasteiger partial charge in [0.05, 0.1) is 37.9 Å². The minimum atomic E-state index is -5.09. The largest absolute Gasteiger partial charge is 0.573 e. The molecule has 4 aliphatic rings. The summed E-state index contributed by atoms with van der Waals surface area (Å²) in [6, 6.07) is 2.63. The predicted octanol–water partition coefficient (Wildman–Crippen LogP) is 2.46. The smallest absolute Gasteiger partial charge is 0.508 e. The van der Waals surface area contributed by atoms with Gasteiger partial charge in [-0.3, -0.25) is 19.2 Å². The quantitative estimate of drug-likeness (QED) is 0.417. The Balaban J connectivity index is 1.66. The summed E-state index contributed by atoms with van der Waals surface area (Å²) < 4.78 is 52.1. The number of benzene rings is 1. The second kappa shape index (κ2) is 9.34. The van der Waals surface area contributed by atoms with E-state index in [2.05, 4.69) is 14.2 Å². The number of halogens is 3. The third-order valence-corrected chi connectivity index (χ3v) is 7.93. The van der Waals surface area contributed by atoms with Gasteiger partial charge in [0.1, 0.15) is 11.5 Å². The van der Waals surface area contributed by atoms with Crippen LogP contribution in [0.25, 0.3) is 0 Å². The van der Waals surface area contributed by atoms with Gasteiger partial charge in [0.25, 0.3) is 0 Å². The number of hydrogen-bond acceptors (Lipinski definition) is 10. The van der Waals surface area contributed by atoms with Crippen LogP contribution in [-0.2, 0) is 28.7 Å². The number of aromatic hydroxyl groups is 1. The number of likely N-dealkylation sites (tertiary alicyclic amines) is 2. The number of methoxy groups -OCH3 is 2. The van der Waals surface area contributed by atoms with Crippen LogP contribution in [-0.4, -0.2) is 71.3 Å². The normalized spacial score (nSPS) is 29.5. The van der Waals surface area contributed by atoms with Gasteiger partial charge in [0.2, 0.25) is 23.6 Å². The number of nitrogens with zero attached hydrogens (tertiary/aromatic N) is 2. The van der Waals surface area contributed by atoms with Crippen molar-refractivity contribution >= 4 is 35.8 Å². The molecule has 15 heteroatoms. The van der Waals surface area contributed by atoms with Gasteiger partial charge in [-0.1, -0.05) is 11.6 Å². The molecule has 1 saturated carbocycles. The van der Waals surface area contributed by atoms with Crippen molar-refractivity contribution in [3.8, 4) is 11.5 Å². The Morgan fingerprint density at radius 3 is 2.02 bits per heavy atom. The average Bonchev–Trinajstić information content (AvgIpc) is 3.30. The van der Waals surface area contributed by atoms with E-state index in [0.29, 0.717) is 10.5 Å². The third kappa shape index (κ3) is 3.98. The molecule has 0 aromatic heterocycles. The molecule has 2 heterocycles. The summed E-state index contributed by atoms with van der Waals surface area (Å²) >= 11 is 0. The lowest BCUT2D eigenvalue weighted by molar-refractivity contribution is -0.274. The van der Waals surface area contributed by atoms with E-state index < -0.39 is 89.2 Å². The van der Waals surface area contributed by atoms with Crippen LogP contribution in [0.15, 0.2) is 29.8 Å². The maximum absolute atomic E-state index is 13.5. The molecule has 2 aliphatic heterocycles. The molecule has 0 bridgehead atoms. The third-order valence-electron chi connectivity index (χ3n) is 7.93. The Morgan fingerprint density at radius 2 is 1.45 bits per heavy atom. The molecule has 6 atom stereocenters. The molecule has 0 spiro atoms. The Bertz CT molecular complexity index is 1390. The number of phenols is 1. The molecule has 40 heavy (non-hydrogen) atoms. The Kier molecular flexibility index (Phi) is 6.34. The lowest BCUT2D eigenvalue weighted by Gasteiger charge is -2.44. The fourth-order valence-corrected chi connectivity index (χ4v) is 6.46. The van der Waals surface area contributed by atoms with Crippen LogP contribution in [0.5, 0.6) is 11.5 Å². The van der Waals surface area contributed by atoms with Gasteiger partial charge < -0.3 is 19.3 Å². The van der Waals surface area contributed by atoms with Crippen molar-refractivity contribution in [1.82, 2.24) is 9.80 Å². The number of hydrogen-bond donors (Lipinski definition) is 1. The van der Waals surface area contributed by atoms with Gasteiger partial charge in [-0.05, 0) is 37.0 Å². The summed E-state index contributed by atoms with van der Waals surface area (Å²) in [6.45, 7) is 0. The number of phenolic OH excluding ortho intramolecular Hbond substituents is 1. The lowest BCUT2D eigenvalue weighted by atomic mass is 9.57. The number of imide groups is 6. The SMILES string of the molecule is COC(=O)N1C(=O)[C@H]2[C@H](CC=C3[C@H]2C[C@H]2C(=O)N(C(=O)OC)C(=O)[C@H]2[C@H]3c2cc(OC(F)(F)F)ccc2O)C1=O. The molecule has 0 unspecified atom stereocenters. The number of rotatable bonds is 2. The van der Waals surface area contributed by atoms with Crippen LogP contribution in [0.2, 0.25) is 0 Å². The molecular formula is C25H21F3N2O10. The van der Waals surface area contributed by atoms with Crippen LogP contribution < -0.4 is 4.74 Å². The van der Waals surface area contributed by atoms with E-state index in [0.717, 1.165) is 32.4 Å². The average molecular weight is 566 g/mol. The molecule has 5 rings (SSSR count). The summed E-state index contributed by atoms with van der Waals surface area (Å²) in [4.78, 5) is 78.2. The summed E-state index contributed by atoms with van der Waals surface area (Å²) in [6.07, 6.45) is -6.31. The Labute approximate surface area is 223 Å². The van der Waals surface area contributed by atoms with E-state index in [1.165, 1.54) is 6.08 Å². The number of amides is 6. The number of ether oxygens (including phenoxy) is 3. The summed E-state index contributed by atoms with van der Waals surface area (Å²) in [5, 5.41) is 10.7. The first kappa shape index (κ1) is 27.1. The predicted molar refractivity (Wildman–Crippen MR) is 121 cm³/mol. The molecule has 2 aliphatic carbocycles. The zero-order valence-corrected chi connectivity index (χ0v) is 20.8. The van der Waals surface area contributed by atoms with Crippen molar-refractivity contribution in [3.63, 3.8) is 0 Å². The zero-order valence-electron chi connectivity index (χ0n) is 20.8. The van der Waals surface area contributed by atoms with E-state index in [1.807, 2.05) is 0 Å². The van der Waals surface area contributed by atoms with Gasteiger partial charge in [-0.25, -0.2) is 9.59 Å². The number of allylic oxidation sites excluding steroid dienone is 2. The molecule has 3 fully saturated rings. The van der Waals surface area contributed by atoms with E-state index in [4.69, 9.17) is 0 Å². The number of carbonyl (C=O) groups excluding carboxylic acids is 6. The molecule has 2 saturated heterocycles. The Hall–Kier alpha value is -4.43. The van der Waals surface area contributed by atoms with E-state index >= 15 is 0 Å². The first-order valence-corrected chi connectivity index (χ1v) is 12.0. The van der Waals surface area contributed by atoms with Crippen molar-refractivity contribution < 1.29 is 61.3 Å². The van der Waals surface area contributed by atoms with Crippen molar-refractivity contribution in [1.29, 1.82) is 0 Å². The van der Waals surface area contributed by atoms with Crippen molar-refractivity contribution in [3.05, 3.63) is 35.4 Å². The highest BCUT2D eigenvalue weighted by atomic mass is 19.4. The first-order chi connectivity index (χ1) is 18.8. The highest BCUT2D eigenvalue weighted by molar-refractivity contribution is 6.17. The number of fused-ring (bicyclic) bond motifs is 4. The molecule has 1 aromatic rings. The molecule has 6 amide bonds. The molecular weight excluding hydrogens is 545 g/mol. The van der Waals surface area contributed by atoms with Crippen molar-refractivity contribution in [2.24, 2.45) is 29.6 Å². The maximum atomic E-state index is 13.5. The molecule has 212 valence electrons. The van der Waals surface area contributed by atoms with E-state index in [9.17, 15) is 47.0 Å². The highest BCUT2D eigenvalue weighted by Crippen LogP contribution is 2.59. The summed E-state index contributed by atoms with van der Waals surface area (Å²) in [5.74, 6) is -12.0. The summed E-state index contributed by atoms with van der Waals surface area (Å²) in [5.41, 5.74) is 0.0725. The second-order valence-electron chi connectivity index (χ2n) is 9.76. The zero-order chi connectivity index (χ0) is 29.3. The van der Waals surface area contributed by atoms with Crippen LogP contribution in [0, 0.1) is 29.6 Å². The minimum absolute atomic E-state index is 0.0786. The van der Waals surface area contributed by atoms with Crippen molar-refractivity contribution in [2.45, 2.75) is 25.1 Å². The van der Waals surface area contributed by atoms with E-state index in [1.54, 1.807) is 0 Å². The van der Waals surface area contributed by atoms with Crippen LogP contribution >= 0.6 is 0 Å². The van der Waals surface area contributed by atoms with Gasteiger partial charge in [-0.2, -0.15) is 9.80 Å². The fraction of sp³-hybridized carbons (Fsp3) is 0.440. The maximum Gasteiger partial charge on any atom is 0.573 e. The summed E-state index contributed by atoms with van der Waals surface area (Å²) in [7, 11) is 1.93. The van der Waals surface area contributed by atoms with Gasteiger partial charge in [-0.15, -0.1) is 13.2 Å². The van der Waals surface area contributed by atoms with Crippen LogP contribution in [0.4, 0.5) is 22.8 Å². The second-order valence-corrected chi connectivity index (χ2v) is 9.76. The minimum Gasteiger partial charge on any atom is -0.508 e. The van der Waals surface area contributed by atoms with Crippen LogP contribution in [0.1, 0.15) is 24.3 Å². The monoisotopic (exact) mass is 566 g/mol. The fourth-order valence-electron chi connectivity index (χ4n) is 6.46. The molecule has 1 aromatic carbocycles. The van der Waals surface area contributed by atoms with Gasteiger partial charge in [0.15, 0.2) is 0 Å². The topological polar surface area (TPSA) is 157 Å². The Morgan fingerprint density at radius 1 is 0.875 bits per heavy atom.